The Balaban J connectivity index is 1.70. The minimum Gasteiger partial charge on any atom is -0.406 e. The lowest BCUT2D eigenvalue weighted by atomic mass is 10.2. The van der Waals surface area contributed by atoms with Crippen molar-refractivity contribution in [2.45, 2.75) is 17.8 Å². The summed E-state index contributed by atoms with van der Waals surface area (Å²) in [6.07, 6.45) is -4.82. The number of morpholine rings is 1. The van der Waals surface area contributed by atoms with Gasteiger partial charge in [0.1, 0.15) is 5.75 Å². The number of alkyl halides is 3. The number of nitrogens with zero attached hydrogens (tertiary/aromatic N) is 1. The Labute approximate surface area is 171 Å². The Bertz CT molecular complexity index is 988. The van der Waals surface area contributed by atoms with Gasteiger partial charge in [-0.15, -0.1) is 13.2 Å². The fourth-order valence-electron chi connectivity index (χ4n) is 2.91. The van der Waals surface area contributed by atoms with E-state index in [2.05, 4.69) is 10.1 Å². The van der Waals surface area contributed by atoms with Gasteiger partial charge in [0.05, 0.1) is 18.1 Å². The smallest absolute Gasteiger partial charge is 0.406 e. The van der Waals surface area contributed by atoms with Gasteiger partial charge in [-0.1, -0.05) is 18.2 Å². The van der Waals surface area contributed by atoms with Gasteiger partial charge in [0, 0.05) is 25.2 Å². The fourth-order valence-corrected chi connectivity index (χ4v) is 4.54. The molecule has 1 heterocycles. The van der Waals surface area contributed by atoms with Crippen LogP contribution in [0.1, 0.15) is 15.9 Å². The van der Waals surface area contributed by atoms with Gasteiger partial charge in [-0.25, -0.2) is 8.42 Å². The molecule has 1 saturated heterocycles. The third-order valence-corrected chi connectivity index (χ3v) is 6.35. The second-order valence-electron chi connectivity index (χ2n) is 6.38. The van der Waals surface area contributed by atoms with Crippen molar-refractivity contribution >= 4 is 15.9 Å². The maximum atomic E-state index is 12.9. The first-order valence-corrected chi connectivity index (χ1v) is 10.4. The number of hydrogen-bond donors (Lipinski definition) is 1. The summed E-state index contributed by atoms with van der Waals surface area (Å²) < 4.78 is 72.8. The third kappa shape index (κ3) is 5.49. The summed E-state index contributed by atoms with van der Waals surface area (Å²) in [7, 11) is -3.75. The molecular weight excluding hydrogens is 425 g/mol. The number of halogens is 3. The SMILES string of the molecule is O=C(NCc1ccccc1S(=O)(=O)N1CCOCC1)c1ccc(OC(F)(F)F)cc1. The lowest BCUT2D eigenvalue weighted by Crippen LogP contribution is -2.41. The van der Waals surface area contributed by atoms with E-state index in [1.807, 2.05) is 0 Å². The van der Waals surface area contributed by atoms with E-state index in [4.69, 9.17) is 4.74 Å². The van der Waals surface area contributed by atoms with Gasteiger partial charge >= 0.3 is 6.36 Å². The van der Waals surface area contributed by atoms with Crippen molar-refractivity contribution in [3.8, 4) is 5.75 Å². The Morgan fingerprint density at radius 3 is 2.33 bits per heavy atom. The molecule has 1 aliphatic rings. The van der Waals surface area contributed by atoms with Crippen LogP contribution in [0.4, 0.5) is 13.2 Å². The number of benzene rings is 2. The maximum absolute atomic E-state index is 12.9. The van der Waals surface area contributed by atoms with Crippen LogP contribution >= 0.6 is 0 Å². The molecule has 0 bridgehead atoms. The maximum Gasteiger partial charge on any atom is 0.573 e. The molecule has 11 heteroatoms. The van der Waals surface area contributed by atoms with Gasteiger partial charge in [-0.3, -0.25) is 4.79 Å². The molecule has 0 saturated carbocycles. The summed E-state index contributed by atoms with van der Waals surface area (Å²) in [5, 5.41) is 2.59. The normalized spacial score (nSPS) is 15.6. The van der Waals surface area contributed by atoms with E-state index in [1.54, 1.807) is 18.2 Å². The molecule has 1 fully saturated rings. The van der Waals surface area contributed by atoms with Crippen molar-refractivity contribution in [1.29, 1.82) is 0 Å². The Morgan fingerprint density at radius 1 is 1.07 bits per heavy atom. The van der Waals surface area contributed by atoms with Crippen LogP contribution in [0.5, 0.6) is 5.75 Å². The zero-order chi connectivity index (χ0) is 21.8. The van der Waals surface area contributed by atoms with Gasteiger partial charge in [0.2, 0.25) is 10.0 Å². The van der Waals surface area contributed by atoms with Crippen LogP contribution < -0.4 is 10.1 Å². The van der Waals surface area contributed by atoms with Crippen LogP contribution in [0.25, 0.3) is 0 Å². The molecule has 1 amide bonds. The quantitative estimate of drug-likeness (QED) is 0.740. The standard InChI is InChI=1S/C19H19F3N2O5S/c20-19(21,22)29-16-7-5-14(6-8-16)18(25)23-13-15-3-1-2-4-17(15)30(26,27)24-9-11-28-12-10-24/h1-8H,9-13H2,(H,23,25). The molecule has 0 atom stereocenters. The second kappa shape index (κ2) is 9.02. The molecule has 2 aromatic carbocycles. The van der Waals surface area contributed by atoms with Crippen molar-refractivity contribution in [2.24, 2.45) is 0 Å². The number of hydrogen-bond acceptors (Lipinski definition) is 5. The number of amides is 1. The molecule has 0 aliphatic carbocycles. The molecule has 0 spiro atoms. The molecular formula is C19H19F3N2O5S. The molecule has 0 aromatic heterocycles. The summed E-state index contributed by atoms with van der Waals surface area (Å²) >= 11 is 0. The Kier molecular flexibility index (Phi) is 6.64. The Hall–Kier alpha value is -2.63. The lowest BCUT2D eigenvalue weighted by Gasteiger charge is -2.27. The molecule has 3 rings (SSSR count). The van der Waals surface area contributed by atoms with Crippen LogP contribution in [0.15, 0.2) is 53.4 Å². The van der Waals surface area contributed by atoms with Gasteiger partial charge in [-0.05, 0) is 35.9 Å². The van der Waals surface area contributed by atoms with Crippen molar-refractivity contribution < 1.29 is 35.9 Å². The molecule has 162 valence electrons. The van der Waals surface area contributed by atoms with Gasteiger partial charge in [0.15, 0.2) is 0 Å². The number of nitrogens with one attached hydrogen (secondary N) is 1. The van der Waals surface area contributed by atoms with Gasteiger partial charge in [-0.2, -0.15) is 4.31 Å². The molecule has 30 heavy (non-hydrogen) atoms. The van der Waals surface area contributed by atoms with Crippen molar-refractivity contribution in [2.75, 3.05) is 26.3 Å². The second-order valence-corrected chi connectivity index (χ2v) is 8.29. The molecule has 1 N–H and O–H groups in total. The minimum atomic E-state index is -4.82. The van der Waals surface area contributed by atoms with Crippen LogP contribution in [-0.4, -0.2) is 51.3 Å². The molecule has 2 aromatic rings. The largest absolute Gasteiger partial charge is 0.573 e. The zero-order valence-corrected chi connectivity index (χ0v) is 16.5. The predicted molar refractivity (Wildman–Crippen MR) is 100 cm³/mol. The van der Waals surface area contributed by atoms with Crippen molar-refractivity contribution in [3.05, 3.63) is 59.7 Å². The molecule has 7 nitrogen and oxygen atoms in total. The highest BCUT2D eigenvalue weighted by Crippen LogP contribution is 2.23. The number of ether oxygens (including phenoxy) is 2. The van der Waals surface area contributed by atoms with Crippen LogP contribution in [0.3, 0.4) is 0 Å². The average Bonchev–Trinajstić information content (AvgIpc) is 2.72. The van der Waals surface area contributed by atoms with E-state index >= 15 is 0 Å². The first-order valence-electron chi connectivity index (χ1n) is 8.96. The molecule has 1 aliphatic heterocycles. The van der Waals surface area contributed by atoms with E-state index in [-0.39, 0.29) is 30.1 Å². The topological polar surface area (TPSA) is 84.9 Å². The number of sulfonamides is 1. The summed E-state index contributed by atoms with van der Waals surface area (Å²) in [5.74, 6) is -1.01. The predicted octanol–water partition coefficient (Wildman–Crippen LogP) is 2.54. The molecule has 0 unspecified atom stereocenters. The van der Waals surface area contributed by atoms with Gasteiger partial charge < -0.3 is 14.8 Å². The summed E-state index contributed by atoms with van der Waals surface area (Å²) in [4.78, 5) is 12.4. The Morgan fingerprint density at radius 2 is 1.70 bits per heavy atom. The van der Waals surface area contributed by atoms with Crippen molar-refractivity contribution in [3.63, 3.8) is 0 Å². The van der Waals surface area contributed by atoms with Crippen LogP contribution in [0, 0.1) is 0 Å². The van der Waals surface area contributed by atoms with E-state index in [0.29, 0.717) is 18.8 Å². The van der Waals surface area contributed by atoms with Crippen LogP contribution in [0.2, 0.25) is 0 Å². The van der Waals surface area contributed by atoms with E-state index in [0.717, 1.165) is 12.1 Å². The highest BCUT2D eigenvalue weighted by atomic mass is 32.2. The summed E-state index contributed by atoms with van der Waals surface area (Å²) in [6.45, 7) is 1.04. The van der Waals surface area contributed by atoms with E-state index in [1.165, 1.54) is 22.5 Å². The highest BCUT2D eigenvalue weighted by molar-refractivity contribution is 7.89. The highest BCUT2D eigenvalue weighted by Gasteiger charge is 2.31. The van der Waals surface area contributed by atoms with E-state index < -0.39 is 28.0 Å². The first-order chi connectivity index (χ1) is 14.2. The first kappa shape index (κ1) is 22.1. The van der Waals surface area contributed by atoms with E-state index in [9.17, 15) is 26.4 Å². The monoisotopic (exact) mass is 444 g/mol. The summed E-state index contributed by atoms with van der Waals surface area (Å²) in [5.41, 5.74) is 0.507. The van der Waals surface area contributed by atoms with Gasteiger partial charge in [0.25, 0.3) is 5.91 Å². The molecule has 0 radical (unpaired) electrons. The number of carbonyl (C=O) groups excluding carboxylic acids is 1. The van der Waals surface area contributed by atoms with Crippen molar-refractivity contribution in [1.82, 2.24) is 9.62 Å². The fraction of sp³-hybridized carbons (Fsp3) is 0.316. The number of rotatable bonds is 6. The number of carbonyl (C=O) groups is 1. The van der Waals surface area contributed by atoms with Crippen LogP contribution in [-0.2, 0) is 21.3 Å². The minimum absolute atomic E-state index is 0.0701. The third-order valence-electron chi connectivity index (χ3n) is 4.35. The average molecular weight is 444 g/mol. The lowest BCUT2D eigenvalue weighted by molar-refractivity contribution is -0.274. The summed E-state index contributed by atoms with van der Waals surface area (Å²) in [6, 6.07) is 10.7. The zero-order valence-electron chi connectivity index (χ0n) is 15.7.